The summed E-state index contributed by atoms with van der Waals surface area (Å²) >= 11 is 0. The molecule has 1 saturated heterocycles. The summed E-state index contributed by atoms with van der Waals surface area (Å²) in [5.74, 6) is 0. The highest BCUT2D eigenvalue weighted by molar-refractivity contribution is 7.40. The number of hydrogen-bond acceptors (Lipinski definition) is 6. The van der Waals surface area contributed by atoms with E-state index in [2.05, 4.69) is 54.1 Å². The normalized spacial score (nSPS) is 17.0. The summed E-state index contributed by atoms with van der Waals surface area (Å²) in [7, 11) is 0.479. The van der Waals surface area contributed by atoms with E-state index in [4.69, 9.17) is 13.9 Å². The number of benzene rings is 1. The van der Waals surface area contributed by atoms with Crippen molar-refractivity contribution in [2.45, 2.75) is 52.1 Å². The minimum absolute atomic E-state index is 0.231. The Morgan fingerprint density at radius 1 is 1.00 bits per heavy atom. The summed E-state index contributed by atoms with van der Waals surface area (Å²) in [6, 6.07) is 10.7. The number of likely N-dealkylation sites (N-methyl/N-ethyl adjacent to an activating group) is 1. The molecule has 1 aromatic rings. The van der Waals surface area contributed by atoms with Crippen LogP contribution in [0.2, 0.25) is 0 Å². The fourth-order valence-electron chi connectivity index (χ4n) is 2.90. The lowest BCUT2D eigenvalue weighted by molar-refractivity contribution is 0.135. The average molecular weight is 415 g/mol. The van der Waals surface area contributed by atoms with Gasteiger partial charge in [-0.1, -0.05) is 38.0 Å². The number of nitrogens with zero attached hydrogens (tertiary/aromatic N) is 2. The molecular formula is C21H39N2O4P. The highest BCUT2D eigenvalue weighted by atomic mass is 31.2. The van der Waals surface area contributed by atoms with Crippen molar-refractivity contribution in [3.05, 3.63) is 30.3 Å². The predicted molar refractivity (Wildman–Crippen MR) is 118 cm³/mol. The van der Waals surface area contributed by atoms with Gasteiger partial charge in [-0.3, -0.25) is 0 Å². The van der Waals surface area contributed by atoms with E-state index >= 15 is 0 Å². The van der Waals surface area contributed by atoms with Crippen LogP contribution in [0.5, 0.6) is 0 Å². The van der Waals surface area contributed by atoms with Crippen molar-refractivity contribution in [3.8, 4) is 0 Å². The lowest BCUT2D eigenvalue weighted by Gasteiger charge is -2.33. The SMILES string of the molecule is CCCCC(O)CCCOP(O)OCC.CN1CCN(c2ccccc2)CC1. The predicted octanol–water partition coefficient (Wildman–Crippen LogP) is 4.03. The quantitative estimate of drug-likeness (QED) is 0.421. The zero-order valence-corrected chi connectivity index (χ0v) is 18.7. The largest absolute Gasteiger partial charge is 0.393 e. The van der Waals surface area contributed by atoms with Crippen LogP contribution in [0, 0.1) is 0 Å². The second-order valence-corrected chi connectivity index (χ2v) is 8.05. The van der Waals surface area contributed by atoms with Gasteiger partial charge in [0.1, 0.15) is 0 Å². The first-order valence-corrected chi connectivity index (χ1v) is 11.6. The Bertz CT molecular complexity index is 473. The van der Waals surface area contributed by atoms with Crippen LogP contribution in [-0.4, -0.2) is 67.4 Å². The molecule has 28 heavy (non-hydrogen) atoms. The van der Waals surface area contributed by atoms with Gasteiger partial charge in [-0.05, 0) is 45.4 Å². The van der Waals surface area contributed by atoms with Crippen molar-refractivity contribution < 1.29 is 19.0 Å². The third-order valence-electron chi connectivity index (χ3n) is 4.64. The monoisotopic (exact) mass is 414 g/mol. The molecule has 1 aromatic carbocycles. The first-order chi connectivity index (χ1) is 13.6. The van der Waals surface area contributed by atoms with Gasteiger partial charge in [0.15, 0.2) is 0 Å². The molecule has 1 heterocycles. The number of hydrogen-bond donors (Lipinski definition) is 2. The zero-order chi connectivity index (χ0) is 20.6. The van der Waals surface area contributed by atoms with E-state index in [1.807, 2.05) is 6.92 Å². The van der Waals surface area contributed by atoms with Crippen LogP contribution < -0.4 is 4.90 Å². The summed E-state index contributed by atoms with van der Waals surface area (Å²) in [4.78, 5) is 13.9. The van der Waals surface area contributed by atoms with Crippen molar-refractivity contribution >= 4 is 14.3 Å². The molecule has 0 spiro atoms. The average Bonchev–Trinajstić information content (AvgIpc) is 2.71. The van der Waals surface area contributed by atoms with Crippen LogP contribution in [0.15, 0.2) is 30.3 Å². The summed E-state index contributed by atoms with van der Waals surface area (Å²) < 4.78 is 9.87. The van der Waals surface area contributed by atoms with E-state index in [1.54, 1.807) is 0 Å². The first kappa shape index (κ1) is 25.3. The van der Waals surface area contributed by atoms with Crippen molar-refractivity contribution in [1.82, 2.24) is 4.90 Å². The van der Waals surface area contributed by atoms with Crippen LogP contribution in [0.25, 0.3) is 0 Å². The summed E-state index contributed by atoms with van der Waals surface area (Å²) in [6.07, 6.45) is 4.29. The van der Waals surface area contributed by atoms with E-state index in [9.17, 15) is 5.11 Å². The highest BCUT2D eigenvalue weighted by Gasteiger charge is 2.13. The molecule has 2 N–H and O–H groups in total. The Kier molecular flexibility index (Phi) is 14.5. The summed E-state index contributed by atoms with van der Waals surface area (Å²) in [5.41, 5.74) is 1.36. The fourth-order valence-corrected chi connectivity index (χ4v) is 3.48. The topological polar surface area (TPSA) is 65.4 Å². The Morgan fingerprint density at radius 2 is 1.64 bits per heavy atom. The second-order valence-electron chi connectivity index (χ2n) is 7.05. The van der Waals surface area contributed by atoms with Crippen LogP contribution in [0.3, 0.4) is 0 Å². The number of piperazine rings is 1. The number of rotatable bonds is 11. The maximum atomic E-state index is 9.50. The van der Waals surface area contributed by atoms with Crippen molar-refractivity contribution in [3.63, 3.8) is 0 Å². The lowest BCUT2D eigenvalue weighted by Crippen LogP contribution is -2.44. The summed E-state index contributed by atoms with van der Waals surface area (Å²) in [6.45, 7) is 9.48. The van der Waals surface area contributed by atoms with Crippen molar-refractivity contribution in [1.29, 1.82) is 0 Å². The van der Waals surface area contributed by atoms with Crippen molar-refractivity contribution in [2.24, 2.45) is 0 Å². The molecule has 0 aliphatic carbocycles. The van der Waals surface area contributed by atoms with E-state index in [-0.39, 0.29) is 6.10 Å². The maximum Gasteiger partial charge on any atom is 0.329 e. The molecule has 2 rings (SSSR count). The van der Waals surface area contributed by atoms with E-state index in [0.717, 1.165) is 45.2 Å². The molecule has 7 heteroatoms. The Morgan fingerprint density at radius 3 is 2.25 bits per heavy atom. The molecular weight excluding hydrogens is 375 g/mol. The molecule has 0 aromatic heterocycles. The van der Waals surface area contributed by atoms with Crippen LogP contribution >= 0.6 is 8.60 Å². The molecule has 1 aliphatic heterocycles. The van der Waals surface area contributed by atoms with Crippen molar-refractivity contribution in [2.75, 3.05) is 51.3 Å². The molecule has 2 atom stereocenters. The standard InChI is InChI=1S/C11H16N2.C10H23O4P/c1-12-7-9-13(10-8-12)11-5-3-2-4-6-11;1-3-5-7-10(11)8-6-9-14-15(12)13-4-2/h2-6H,7-10H2,1H3;10-12H,3-9H2,1-2H3. The molecule has 0 saturated carbocycles. The molecule has 0 radical (unpaired) electrons. The van der Waals surface area contributed by atoms with Crippen LogP contribution in [0.1, 0.15) is 46.0 Å². The maximum absolute atomic E-state index is 9.50. The number of para-hydroxylation sites is 1. The molecule has 1 fully saturated rings. The minimum Gasteiger partial charge on any atom is -0.393 e. The van der Waals surface area contributed by atoms with E-state index in [0.29, 0.717) is 13.2 Å². The van der Waals surface area contributed by atoms with Gasteiger partial charge in [0.2, 0.25) is 0 Å². The zero-order valence-electron chi connectivity index (χ0n) is 17.8. The van der Waals surface area contributed by atoms with E-state index in [1.165, 1.54) is 18.8 Å². The van der Waals surface area contributed by atoms with Gasteiger partial charge in [0.25, 0.3) is 0 Å². The van der Waals surface area contributed by atoms with Gasteiger partial charge in [-0.25, -0.2) is 0 Å². The first-order valence-electron chi connectivity index (χ1n) is 10.5. The molecule has 162 valence electrons. The lowest BCUT2D eigenvalue weighted by atomic mass is 10.1. The summed E-state index contributed by atoms with van der Waals surface area (Å²) in [5, 5.41) is 9.50. The third-order valence-corrected chi connectivity index (χ3v) is 5.52. The second kappa shape index (κ2) is 16.1. The number of aliphatic hydroxyl groups excluding tert-OH is 1. The van der Waals surface area contributed by atoms with Gasteiger partial charge in [0.05, 0.1) is 19.3 Å². The number of unbranched alkanes of at least 4 members (excludes halogenated alkanes) is 1. The van der Waals surface area contributed by atoms with Gasteiger partial charge in [0, 0.05) is 31.9 Å². The highest BCUT2D eigenvalue weighted by Crippen LogP contribution is 2.32. The van der Waals surface area contributed by atoms with Gasteiger partial charge in [-0.2, -0.15) is 0 Å². The van der Waals surface area contributed by atoms with Crippen LogP contribution in [0.4, 0.5) is 5.69 Å². The fraction of sp³-hybridized carbons (Fsp3) is 0.714. The Balaban J connectivity index is 0.000000281. The molecule has 6 nitrogen and oxygen atoms in total. The number of anilines is 1. The van der Waals surface area contributed by atoms with Gasteiger partial charge in [-0.15, -0.1) is 0 Å². The molecule has 2 unspecified atom stereocenters. The molecule has 1 aliphatic rings. The molecule has 0 amide bonds. The Labute approximate surface area is 172 Å². The molecule has 0 bridgehead atoms. The minimum atomic E-state index is -1.70. The van der Waals surface area contributed by atoms with Gasteiger partial charge < -0.3 is 28.8 Å². The van der Waals surface area contributed by atoms with Gasteiger partial charge >= 0.3 is 8.60 Å². The number of aliphatic hydroxyl groups is 1. The van der Waals surface area contributed by atoms with Crippen LogP contribution in [-0.2, 0) is 9.05 Å². The Hall–Kier alpha value is -0.750. The van der Waals surface area contributed by atoms with E-state index < -0.39 is 8.60 Å². The smallest absolute Gasteiger partial charge is 0.329 e. The third kappa shape index (κ3) is 11.9.